The van der Waals surface area contributed by atoms with Crippen molar-refractivity contribution in [3.05, 3.63) is 36.0 Å². The van der Waals surface area contributed by atoms with Gasteiger partial charge in [0.2, 0.25) is 9.05 Å². The molecule has 0 amide bonds. The first-order valence-electron chi connectivity index (χ1n) is 5.01. The van der Waals surface area contributed by atoms with E-state index in [1.54, 1.807) is 19.2 Å². The number of aromatic nitrogens is 1. The van der Waals surface area contributed by atoms with Crippen LogP contribution in [0.25, 0.3) is 11.3 Å². The van der Waals surface area contributed by atoms with E-state index in [1.807, 2.05) is 12.1 Å². The lowest BCUT2D eigenvalue weighted by atomic mass is 10.1. The molecule has 0 aliphatic rings. The summed E-state index contributed by atoms with van der Waals surface area (Å²) in [6.07, 6.45) is 0. The maximum Gasteiger partial charge on any atom is 0.238 e. The number of halogens is 1. The summed E-state index contributed by atoms with van der Waals surface area (Å²) < 4.78 is 32.1. The fraction of sp³-hybridized carbons (Fsp3) is 0.182. The van der Waals surface area contributed by atoms with Crippen LogP contribution < -0.4 is 4.74 Å². The second-order valence-corrected chi connectivity index (χ2v) is 6.34. The molecule has 0 aliphatic carbocycles. The van der Waals surface area contributed by atoms with Crippen molar-refractivity contribution in [1.82, 2.24) is 5.16 Å². The maximum absolute atomic E-state index is 10.9. The summed E-state index contributed by atoms with van der Waals surface area (Å²) in [6.45, 7) is 0. The molecule has 0 atom stereocenters. The van der Waals surface area contributed by atoms with Gasteiger partial charge in [0.05, 0.1) is 12.7 Å². The quantitative estimate of drug-likeness (QED) is 0.808. The highest BCUT2D eigenvalue weighted by Crippen LogP contribution is 2.30. The topological polar surface area (TPSA) is 69.4 Å². The molecule has 0 fully saturated rings. The Morgan fingerprint density at radius 2 is 2.11 bits per heavy atom. The standard InChI is InChI=1S/C11H10ClNO4S/c1-16-10-5-3-2-4-9(10)11-6-8(13-17-11)7-18(12,14)15/h2-6H,7H2,1H3. The Morgan fingerprint density at radius 3 is 2.78 bits per heavy atom. The van der Waals surface area contributed by atoms with Crippen molar-refractivity contribution >= 4 is 19.7 Å². The Hall–Kier alpha value is -1.53. The Balaban J connectivity index is 2.35. The molecular weight excluding hydrogens is 278 g/mol. The van der Waals surface area contributed by atoms with Crippen molar-refractivity contribution in [2.75, 3.05) is 7.11 Å². The zero-order valence-corrected chi connectivity index (χ0v) is 11.0. The lowest BCUT2D eigenvalue weighted by Gasteiger charge is -2.03. The predicted molar refractivity (Wildman–Crippen MR) is 67.0 cm³/mol. The van der Waals surface area contributed by atoms with Gasteiger partial charge in [-0.2, -0.15) is 0 Å². The Kier molecular flexibility index (Phi) is 3.58. The van der Waals surface area contributed by atoms with Gasteiger partial charge in [-0.3, -0.25) is 0 Å². The van der Waals surface area contributed by atoms with Crippen LogP contribution >= 0.6 is 10.7 Å². The highest BCUT2D eigenvalue weighted by atomic mass is 35.7. The van der Waals surface area contributed by atoms with Crippen LogP contribution in [0.3, 0.4) is 0 Å². The molecular formula is C11H10ClNO4S. The van der Waals surface area contributed by atoms with Crippen LogP contribution in [0.2, 0.25) is 0 Å². The van der Waals surface area contributed by atoms with E-state index in [4.69, 9.17) is 19.9 Å². The van der Waals surface area contributed by atoms with Gasteiger partial charge in [-0.25, -0.2) is 8.42 Å². The first kappa shape index (κ1) is 12.9. The van der Waals surface area contributed by atoms with E-state index in [0.29, 0.717) is 17.1 Å². The molecule has 2 rings (SSSR count). The number of benzene rings is 1. The number of para-hydroxylation sites is 1. The summed E-state index contributed by atoms with van der Waals surface area (Å²) in [4.78, 5) is 0. The average Bonchev–Trinajstić information content (AvgIpc) is 2.75. The molecule has 1 aromatic carbocycles. The molecule has 1 aromatic heterocycles. The molecule has 7 heteroatoms. The number of rotatable bonds is 4. The monoisotopic (exact) mass is 287 g/mol. The Morgan fingerprint density at radius 1 is 1.39 bits per heavy atom. The van der Waals surface area contributed by atoms with Crippen molar-refractivity contribution in [2.45, 2.75) is 5.75 Å². The van der Waals surface area contributed by atoms with E-state index in [0.717, 1.165) is 0 Å². The Labute approximate surface area is 109 Å². The molecule has 0 bridgehead atoms. The van der Waals surface area contributed by atoms with Crippen molar-refractivity contribution in [1.29, 1.82) is 0 Å². The first-order valence-corrected chi connectivity index (χ1v) is 7.49. The second kappa shape index (κ2) is 4.99. The van der Waals surface area contributed by atoms with Crippen LogP contribution in [-0.4, -0.2) is 20.7 Å². The third-order valence-corrected chi connectivity index (χ3v) is 3.22. The lowest BCUT2D eigenvalue weighted by molar-refractivity contribution is 0.404. The molecule has 0 N–H and O–H groups in total. The van der Waals surface area contributed by atoms with Gasteiger partial charge in [-0.15, -0.1) is 0 Å². The van der Waals surface area contributed by atoms with Gasteiger partial charge in [0.1, 0.15) is 17.2 Å². The van der Waals surface area contributed by atoms with Gasteiger partial charge in [0.25, 0.3) is 0 Å². The van der Waals surface area contributed by atoms with Crippen LogP contribution in [0.1, 0.15) is 5.69 Å². The fourth-order valence-corrected chi connectivity index (χ4v) is 2.36. The number of hydrogen-bond donors (Lipinski definition) is 0. The SMILES string of the molecule is COc1ccccc1-c1cc(CS(=O)(=O)Cl)no1. The van der Waals surface area contributed by atoms with Gasteiger partial charge in [0.15, 0.2) is 5.76 Å². The number of methoxy groups -OCH3 is 1. The van der Waals surface area contributed by atoms with E-state index >= 15 is 0 Å². The number of nitrogens with zero attached hydrogens (tertiary/aromatic N) is 1. The number of hydrogen-bond acceptors (Lipinski definition) is 5. The van der Waals surface area contributed by atoms with Gasteiger partial charge < -0.3 is 9.26 Å². The molecule has 0 saturated heterocycles. The van der Waals surface area contributed by atoms with E-state index in [1.165, 1.54) is 6.07 Å². The molecule has 5 nitrogen and oxygen atoms in total. The minimum absolute atomic E-state index is 0.255. The van der Waals surface area contributed by atoms with Gasteiger partial charge in [0, 0.05) is 16.7 Å². The van der Waals surface area contributed by atoms with E-state index in [-0.39, 0.29) is 11.4 Å². The highest BCUT2D eigenvalue weighted by molar-refractivity contribution is 8.13. The Bertz CT molecular complexity index is 651. The molecule has 2 aromatic rings. The van der Waals surface area contributed by atoms with Crippen LogP contribution in [0.15, 0.2) is 34.9 Å². The molecule has 18 heavy (non-hydrogen) atoms. The average molecular weight is 288 g/mol. The highest BCUT2D eigenvalue weighted by Gasteiger charge is 2.15. The summed E-state index contributed by atoms with van der Waals surface area (Å²) in [5.74, 6) is 0.685. The third-order valence-electron chi connectivity index (χ3n) is 2.25. The van der Waals surface area contributed by atoms with Crippen molar-refractivity contribution in [3.63, 3.8) is 0 Å². The molecule has 0 unspecified atom stereocenters. The van der Waals surface area contributed by atoms with E-state index in [9.17, 15) is 8.42 Å². The van der Waals surface area contributed by atoms with E-state index < -0.39 is 9.05 Å². The third kappa shape index (κ3) is 3.02. The zero-order valence-electron chi connectivity index (χ0n) is 9.46. The van der Waals surface area contributed by atoms with Crippen molar-refractivity contribution in [3.8, 4) is 17.1 Å². The summed E-state index contributed by atoms with van der Waals surface area (Å²) in [7, 11) is 3.05. The maximum atomic E-state index is 10.9. The van der Waals surface area contributed by atoms with Gasteiger partial charge >= 0.3 is 0 Å². The molecule has 1 heterocycles. The lowest BCUT2D eigenvalue weighted by Crippen LogP contribution is -1.94. The van der Waals surface area contributed by atoms with Crippen LogP contribution in [0.4, 0.5) is 0 Å². The number of ether oxygens (including phenoxy) is 1. The molecule has 0 spiro atoms. The second-order valence-electron chi connectivity index (χ2n) is 3.57. The van der Waals surface area contributed by atoms with E-state index in [2.05, 4.69) is 5.16 Å². The summed E-state index contributed by atoms with van der Waals surface area (Å²) in [5.41, 5.74) is 0.955. The molecule has 0 radical (unpaired) electrons. The minimum atomic E-state index is -3.64. The van der Waals surface area contributed by atoms with Crippen LogP contribution in [0, 0.1) is 0 Å². The molecule has 0 saturated carbocycles. The summed E-state index contributed by atoms with van der Waals surface area (Å²) >= 11 is 0. The van der Waals surface area contributed by atoms with Crippen molar-refractivity contribution < 1.29 is 17.7 Å². The molecule has 96 valence electrons. The van der Waals surface area contributed by atoms with Crippen LogP contribution in [0.5, 0.6) is 5.75 Å². The fourth-order valence-electron chi connectivity index (χ4n) is 1.53. The van der Waals surface area contributed by atoms with Gasteiger partial charge in [-0.05, 0) is 12.1 Å². The zero-order chi connectivity index (χ0) is 13.2. The normalized spacial score (nSPS) is 11.4. The summed E-state index contributed by atoms with van der Waals surface area (Å²) in [5, 5.41) is 3.66. The first-order chi connectivity index (χ1) is 8.49. The largest absolute Gasteiger partial charge is 0.496 e. The van der Waals surface area contributed by atoms with Crippen molar-refractivity contribution in [2.24, 2.45) is 0 Å². The predicted octanol–water partition coefficient (Wildman–Crippen LogP) is 2.42. The summed E-state index contributed by atoms with van der Waals surface area (Å²) in [6, 6.07) is 8.73. The smallest absolute Gasteiger partial charge is 0.238 e. The molecule has 0 aliphatic heterocycles. The van der Waals surface area contributed by atoms with Crippen LogP contribution in [-0.2, 0) is 14.8 Å². The minimum Gasteiger partial charge on any atom is -0.496 e. The van der Waals surface area contributed by atoms with Gasteiger partial charge in [-0.1, -0.05) is 17.3 Å².